The molecule has 0 aliphatic rings. The molecule has 1 atom stereocenters. The van der Waals surface area contributed by atoms with Gasteiger partial charge in [-0.1, -0.05) is 20.8 Å². The van der Waals surface area contributed by atoms with Gasteiger partial charge >= 0.3 is 0 Å². The Labute approximate surface area is 150 Å². The summed E-state index contributed by atoms with van der Waals surface area (Å²) in [6.07, 6.45) is 1.19. The van der Waals surface area contributed by atoms with Gasteiger partial charge in [-0.05, 0) is 70.5 Å². The second kappa shape index (κ2) is 10.3. The maximum absolute atomic E-state index is 6.05. The summed E-state index contributed by atoms with van der Waals surface area (Å²) in [5.74, 6) is 0. The third kappa shape index (κ3) is 5.92. The van der Waals surface area contributed by atoms with Crippen molar-refractivity contribution in [1.29, 1.82) is 0 Å². The summed E-state index contributed by atoms with van der Waals surface area (Å²) in [6, 6.07) is 2.51. The average molecular weight is 441 g/mol. The van der Waals surface area contributed by atoms with Gasteiger partial charge in [-0.25, -0.2) is 0 Å². The lowest BCUT2D eigenvalue weighted by molar-refractivity contribution is 0.195. The third-order valence-electron chi connectivity index (χ3n) is 3.88. The van der Waals surface area contributed by atoms with E-state index in [2.05, 4.69) is 68.5 Å². The summed E-state index contributed by atoms with van der Waals surface area (Å²) in [5, 5.41) is 0. The summed E-state index contributed by atoms with van der Waals surface area (Å²) in [6.45, 7) is 12.9. The highest BCUT2D eigenvalue weighted by molar-refractivity contribution is 9.13. The van der Waals surface area contributed by atoms with Crippen molar-refractivity contribution in [1.82, 2.24) is 9.80 Å². The first kappa shape index (κ1) is 19.6. The van der Waals surface area contributed by atoms with E-state index in [1.807, 2.05) is 0 Å². The number of rotatable bonds is 10. The van der Waals surface area contributed by atoms with Crippen molar-refractivity contribution in [2.45, 2.75) is 33.2 Å². The predicted molar refractivity (Wildman–Crippen MR) is 101 cm³/mol. The summed E-state index contributed by atoms with van der Waals surface area (Å²) < 4.78 is 2.27. The third-order valence-corrected chi connectivity index (χ3v) is 7.23. The SMILES string of the molecule is CCN(CC)CCCN(CC)C(CN)c1cc(Br)c(Br)s1. The fourth-order valence-electron chi connectivity index (χ4n) is 2.54. The number of hydrogen-bond donors (Lipinski definition) is 1. The van der Waals surface area contributed by atoms with Gasteiger partial charge in [0.15, 0.2) is 0 Å². The Morgan fingerprint density at radius 2 is 1.81 bits per heavy atom. The maximum Gasteiger partial charge on any atom is 0.0843 e. The highest BCUT2D eigenvalue weighted by Crippen LogP contribution is 2.37. The highest BCUT2D eigenvalue weighted by Gasteiger charge is 2.20. The molecule has 1 aromatic rings. The Kier molecular flexibility index (Phi) is 9.64. The first-order chi connectivity index (χ1) is 10.1. The molecule has 0 spiro atoms. The van der Waals surface area contributed by atoms with E-state index in [1.165, 1.54) is 17.8 Å². The Bertz CT molecular complexity index is 388. The van der Waals surface area contributed by atoms with Crippen LogP contribution >= 0.6 is 43.2 Å². The first-order valence-corrected chi connectivity index (χ1v) is 10.1. The number of hydrogen-bond acceptors (Lipinski definition) is 4. The van der Waals surface area contributed by atoms with Crippen LogP contribution in [0.25, 0.3) is 0 Å². The molecular weight excluding hydrogens is 414 g/mol. The van der Waals surface area contributed by atoms with E-state index < -0.39 is 0 Å². The zero-order valence-electron chi connectivity index (χ0n) is 13.2. The Morgan fingerprint density at radius 1 is 1.14 bits per heavy atom. The summed E-state index contributed by atoms with van der Waals surface area (Å²) >= 11 is 8.93. The second-order valence-electron chi connectivity index (χ2n) is 5.03. The monoisotopic (exact) mass is 439 g/mol. The summed E-state index contributed by atoms with van der Waals surface area (Å²) in [4.78, 5) is 6.30. The zero-order valence-corrected chi connectivity index (χ0v) is 17.2. The van der Waals surface area contributed by atoms with Crippen LogP contribution in [-0.4, -0.2) is 49.1 Å². The van der Waals surface area contributed by atoms with Crippen molar-refractivity contribution in [2.75, 3.05) is 39.3 Å². The molecule has 0 fully saturated rings. The zero-order chi connectivity index (χ0) is 15.8. The van der Waals surface area contributed by atoms with E-state index in [9.17, 15) is 0 Å². The minimum Gasteiger partial charge on any atom is -0.329 e. The molecule has 0 bridgehead atoms. The van der Waals surface area contributed by atoms with Crippen LogP contribution in [0.15, 0.2) is 14.3 Å². The van der Waals surface area contributed by atoms with Gasteiger partial charge in [0, 0.05) is 22.4 Å². The molecule has 1 heterocycles. The topological polar surface area (TPSA) is 32.5 Å². The number of halogens is 2. The molecule has 1 aromatic heterocycles. The van der Waals surface area contributed by atoms with E-state index in [0.29, 0.717) is 12.6 Å². The molecule has 1 rings (SSSR count). The Morgan fingerprint density at radius 3 is 2.24 bits per heavy atom. The quantitative estimate of drug-likeness (QED) is 0.587. The normalized spacial score (nSPS) is 13.3. The molecule has 0 radical (unpaired) electrons. The van der Waals surface area contributed by atoms with Crippen molar-refractivity contribution < 1.29 is 0 Å². The highest BCUT2D eigenvalue weighted by atomic mass is 79.9. The number of thiophene rings is 1. The van der Waals surface area contributed by atoms with Gasteiger partial charge in [0.1, 0.15) is 0 Å². The number of likely N-dealkylation sites (N-methyl/N-ethyl adjacent to an activating group) is 1. The molecule has 122 valence electrons. The standard InChI is InChI=1S/C15H27Br2N3S/c1-4-19(5-2)8-7-9-20(6-3)13(11-18)14-10-12(16)15(17)21-14/h10,13H,4-9,11,18H2,1-3H3. The molecule has 0 aliphatic heterocycles. The number of nitrogens with two attached hydrogens (primary N) is 1. The van der Waals surface area contributed by atoms with Gasteiger partial charge < -0.3 is 10.6 Å². The van der Waals surface area contributed by atoms with Crippen LogP contribution in [0.4, 0.5) is 0 Å². The largest absolute Gasteiger partial charge is 0.329 e. The molecule has 21 heavy (non-hydrogen) atoms. The van der Waals surface area contributed by atoms with Crippen LogP contribution in [0, 0.1) is 0 Å². The van der Waals surface area contributed by atoms with Gasteiger partial charge in [-0.15, -0.1) is 11.3 Å². The van der Waals surface area contributed by atoms with E-state index in [0.717, 1.165) is 34.4 Å². The van der Waals surface area contributed by atoms with Crippen LogP contribution < -0.4 is 5.73 Å². The average Bonchev–Trinajstić information content (AvgIpc) is 2.81. The fraction of sp³-hybridized carbons (Fsp3) is 0.733. The summed E-state index contributed by atoms with van der Waals surface area (Å²) in [5.41, 5.74) is 6.05. The van der Waals surface area contributed by atoms with Crippen LogP contribution in [0.5, 0.6) is 0 Å². The molecule has 0 saturated carbocycles. The fourth-order valence-corrected chi connectivity index (χ4v) is 4.78. The Balaban J connectivity index is 2.63. The van der Waals surface area contributed by atoms with Crippen LogP contribution in [-0.2, 0) is 0 Å². The van der Waals surface area contributed by atoms with Crippen molar-refractivity contribution in [3.8, 4) is 0 Å². The van der Waals surface area contributed by atoms with Gasteiger partial charge in [0.25, 0.3) is 0 Å². The van der Waals surface area contributed by atoms with Crippen molar-refractivity contribution in [2.24, 2.45) is 5.73 Å². The van der Waals surface area contributed by atoms with Crippen molar-refractivity contribution in [3.05, 3.63) is 19.2 Å². The van der Waals surface area contributed by atoms with Crippen LogP contribution in [0.3, 0.4) is 0 Å². The molecule has 2 N–H and O–H groups in total. The molecule has 0 saturated heterocycles. The molecule has 3 nitrogen and oxygen atoms in total. The molecule has 0 aliphatic carbocycles. The van der Waals surface area contributed by atoms with Gasteiger partial charge in [-0.2, -0.15) is 0 Å². The van der Waals surface area contributed by atoms with Crippen molar-refractivity contribution in [3.63, 3.8) is 0 Å². The smallest absolute Gasteiger partial charge is 0.0843 e. The van der Waals surface area contributed by atoms with E-state index in [1.54, 1.807) is 11.3 Å². The van der Waals surface area contributed by atoms with E-state index >= 15 is 0 Å². The lowest BCUT2D eigenvalue weighted by Crippen LogP contribution is -2.35. The first-order valence-electron chi connectivity index (χ1n) is 7.68. The van der Waals surface area contributed by atoms with E-state index in [4.69, 9.17) is 5.73 Å². The van der Waals surface area contributed by atoms with Crippen LogP contribution in [0.1, 0.15) is 38.1 Å². The maximum atomic E-state index is 6.05. The molecule has 1 unspecified atom stereocenters. The van der Waals surface area contributed by atoms with E-state index in [-0.39, 0.29) is 0 Å². The molecule has 0 amide bonds. The van der Waals surface area contributed by atoms with Crippen molar-refractivity contribution >= 4 is 43.2 Å². The molecule has 6 heteroatoms. The number of nitrogens with zero attached hydrogens (tertiary/aromatic N) is 2. The molecular formula is C15H27Br2N3S. The Hall–Kier alpha value is 0.540. The van der Waals surface area contributed by atoms with Gasteiger partial charge in [0.05, 0.1) is 9.83 Å². The predicted octanol–water partition coefficient (Wildman–Crippen LogP) is 4.33. The molecule has 0 aromatic carbocycles. The lowest BCUT2D eigenvalue weighted by Gasteiger charge is -2.30. The van der Waals surface area contributed by atoms with Crippen LogP contribution in [0.2, 0.25) is 0 Å². The van der Waals surface area contributed by atoms with Gasteiger partial charge in [-0.3, -0.25) is 4.90 Å². The minimum absolute atomic E-state index is 0.319. The second-order valence-corrected chi connectivity index (χ2v) is 8.29. The minimum atomic E-state index is 0.319. The lowest BCUT2D eigenvalue weighted by atomic mass is 10.2. The summed E-state index contributed by atoms with van der Waals surface area (Å²) in [7, 11) is 0. The van der Waals surface area contributed by atoms with Gasteiger partial charge in [0.2, 0.25) is 0 Å².